The summed E-state index contributed by atoms with van der Waals surface area (Å²) in [6, 6.07) is 0. The van der Waals surface area contributed by atoms with E-state index < -0.39 is 0 Å². The van der Waals surface area contributed by atoms with E-state index in [4.69, 9.17) is 4.74 Å². The van der Waals surface area contributed by atoms with Crippen molar-refractivity contribution in [3.63, 3.8) is 0 Å². The maximum Gasteiger partial charge on any atom is 0.312 e. The van der Waals surface area contributed by atoms with Crippen LogP contribution >= 0.6 is 0 Å². The second-order valence-corrected chi connectivity index (χ2v) is 8.69. The minimum absolute atomic E-state index is 0.0570. The molecule has 3 nitrogen and oxygen atoms in total. The lowest BCUT2D eigenvalue weighted by Gasteiger charge is -2.13. The topological polar surface area (TPSA) is 46.5 Å². The van der Waals surface area contributed by atoms with E-state index in [1.165, 1.54) is 83.5 Å². The molecule has 0 saturated heterocycles. The normalized spacial score (nSPS) is 19.6. The van der Waals surface area contributed by atoms with Crippen LogP contribution in [-0.4, -0.2) is 24.3 Å². The van der Waals surface area contributed by atoms with Crippen LogP contribution in [0, 0.1) is 10.8 Å². The molecular formula is C22H40O3. The largest absolute Gasteiger partial charge is 0.466 e. The molecule has 0 unspecified atom stereocenters. The smallest absolute Gasteiger partial charge is 0.312 e. The SMILES string of the molecule is CCOC(=O)C1(CCCCCCCCCCCCC2(CO)CC2)CC1. The van der Waals surface area contributed by atoms with E-state index in [2.05, 4.69) is 0 Å². The number of aliphatic hydroxyl groups excluding tert-OH is 1. The number of hydrogen-bond donors (Lipinski definition) is 1. The number of carbonyl (C=O) groups is 1. The van der Waals surface area contributed by atoms with Crippen molar-refractivity contribution in [2.75, 3.05) is 13.2 Å². The van der Waals surface area contributed by atoms with Gasteiger partial charge in [0, 0.05) is 6.61 Å². The first-order valence-electron chi connectivity index (χ1n) is 10.9. The highest BCUT2D eigenvalue weighted by Gasteiger charge is 2.50. The lowest BCUT2D eigenvalue weighted by atomic mass is 9.97. The van der Waals surface area contributed by atoms with E-state index in [0.29, 0.717) is 18.6 Å². The third-order valence-corrected chi connectivity index (χ3v) is 6.47. The molecule has 0 amide bonds. The van der Waals surface area contributed by atoms with Gasteiger partial charge < -0.3 is 9.84 Å². The number of esters is 1. The molecule has 0 radical (unpaired) electrons. The van der Waals surface area contributed by atoms with E-state index in [9.17, 15) is 9.90 Å². The molecule has 25 heavy (non-hydrogen) atoms. The third-order valence-electron chi connectivity index (χ3n) is 6.47. The molecule has 2 rings (SSSR count). The Kier molecular flexibility index (Phi) is 8.75. The van der Waals surface area contributed by atoms with Crippen LogP contribution in [0.25, 0.3) is 0 Å². The van der Waals surface area contributed by atoms with Crippen LogP contribution < -0.4 is 0 Å². The molecule has 0 atom stereocenters. The van der Waals surface area contributed by atoms with Gasteiger partial charge in [-0.25, -0.2) is 0 Å². The van der Waals surface area contributed by atoms with Gasteiger partial charge in [-0.15, -0.1) is 0 Å². The van der Waals surface area contributed by atoms with Crippen LogP contribution in [0.3, 0.4) is 0 Å². The zero-order valence-corrected chi connectivity index (χ0v) is 16.5. The minimum Gasteiger partial charge on any atom is -0.466 e. The fourth-order valence-corrected chi connectivity index (χ4v) is 4.03. The third kappa shape index (κ3) is 7.29. The molecule has 0 heterocycles. The maximum absolute atomic E-state index is 11.9. The van der Waals surface area contributed by atoms with E-state index in [0.717, 1.165) is 19.3 Å². The Bertz CT molecular complexity index is 383. The maximum atomic E-state index is 11.9. The monoisotopic (exact) mass is 352 g/mol. The first-order chi connectivity index (χ1) is 12.2. The molecule has 0 bridgehead atoms. The Morgan fingerprint density at radius 1 is 0.800 bits per heavy atom. The molecule has 2 fully saturated rings. The molecular weight excluding hydrogens is 312 g/mol. The van der Waals surface area contributed by atoms with Crippen LogP contribution in [0.2, 0.25) is 0 Å². The summed E-state index contributed by atoms with van der Waals surface area (Å²) < 4.78 is 5.20. The van der Waals surface area contributed by atoms with Crippen molar-refractivity contribution in [2.45, 2.75) is 110 Å². The Morgan fingerprint density at radius 3 is 1.68 bits per heavy atom. The number of hydrogen-bond acceptors (Lipinski definition) is 3. The van der Waals surface area contributed by atoms with Crippen molar-refractivity contribution >= 4 is 5.97 Å². The van der Waals surface area contributed by atoms with Gasteiger partial charge in [-0.05, 0) is 50.9 Å². The standard InChI is InChI=1S/C22H40O3/c1-2-25-20(24)22(17-18-22)14-12-10-8-6-4-3-5-7-9-11-13-21(19-23)15-16-21/h23H,2-19H2,1H3. The van der Waals surface area contributed by atoms with Crippen LogP contribution in [0.4, 0.5) is 0 Å². The van der Waals surface area contributed by atoms with E-state index >= 15 is 0 Å². The highest BCUT2D eigenvalue weighted by atomic mass is 16.5. The van der Waals surface area contributed by atoms with Crippen molar-refractivity contribution in [3.05, 3.63) is 0 Å². The molecule has 2 saturated carbocycles. The van der Waals surface area contributed by atoms with Crippen molar-refractivity contribution in [1.29, 1.82) is 0 Å². The fourth-order valence-electron chi connectivity index (χ4n) is 4.03. The summed E-state index contributed by atoms with van der Waals surface area (Å²) in [6.45, 7) is 2.82. The first-order valence-corrected chi connectivity index (χ1v) is 10.9. The van der Waals surface area contributed by atoms with E-state index in [1.807, 2.05) is 6.92 Å². The van der Waals surface area contributed by atoms with E-state index in [-0.39, 0.29) is 11.4 Å². The second-order valence-electron chi connectivity index (χ2n) is 8.69. The van der Waals surface area contributed by atoms with Crippen LogP contribution in [0.5, 0.6) is 0 Å². The van der Waals surface area contributed by atoms with Crippen molar-refractivity contribution < 1.29 is 14.6 Å². The summed E-state index contributed by atoms with van der Waals surface area (Å²) in [5, 5.41) is 9.29. The lowest BCUT2D eigenvalue weighted by Crippen LogP contribution is -2.18. The van der Waals surface area contributed by atoms with Gasteiger partial charge in [0.1, 0.15) is 0 Å². The summed E-state index contributed by atoms with van der Waals surface area (Å²) in [5.74, 6) is 0.0570. The predicted molar refractivity (Wildman–Crippen MR) is 102 cm³/mol. The van der Waals surface area contributed by atoms with Crippen molar-refractivity contribution in [2.24, 2.45) is 10.8 Å². The molecule has 146 valence electrons. The number of unbranched alkanes of at least 4 members (excludes halogenated alkanes) is 9. The molecule has 1 N–H and O–H groups in total. The summed E-state index contributed by atoms with van der Waals surface area (Å²) in [6.07, 6.45) is 20.1. The molecule has 0 aromatic heterocycles. The molecule has 0 aliphatic heterocycles. The zero-order valence-electron chi connectivity index (χ0n) is 16.5. The highest BCUT2D eigenvalue weighted by Crippen LogP contribution is 2.51. The van der Waals surface area contributed by atoms with Gasteiger partial charge in [-0.3, -0.25) is 4.79 Å². The Hall–Kier alpha value is -0.570. The predicted octanol–water partition coefficient (Wildman–Crippen LogP) is 5.78. The van der Waals surface area contributed by atoms with Gasteiger partial charge in [0.2, 0.25) is 0 Å². The van der Waals surface area contributed by atoms with Gasteiger partial charge in [0.15, 0.2) is 0 Å². The summed E-state index contributed by atoms with van der Waals surface area (Å²) in [4.78, 5) is 11.9. The first kappa shape index (κ1) is 20.7. The Morgan fingerprint density at radius 2 is 1.28 bits per heavy atom. The van der Waals surface area contributed by atoms with Gasteiger partial charge in [0.25, 0.3) is 0 Å². The van der Waals surface area contributed by atoms with Crippen LogP contribution in [0.15, 0.2) is 0 Å². The average molecular weight is 353 g/mol. The molecule has 0 spiro atoms. The quantitative estimate of drug-likeness (QED) is 0.283. The summed E-state index contributed by atoms with van der Waals surface area (Å²) >= 11 is 0. The van der Waals surface area contributed by atoms with Crippen LogP contribution in [0.1, 0.15) is 110 Å². The number of rotatable bonds is 16. The number of ether oxygens (including phenoxy) is 1. The van der Waals surface area contributed by atoms with Crippen molar-refractivity contribution in [3.8, 4) is 0 Å². The number of aliphatic hydroxyl groups is 1. The molecule has 0 aromatic carbocycles. The van der Waals surface area contributed by atoms with Crippen molar-refractivity contribution in [1.82, 2.24) is 0 Å². The van der Waals surface area contributed by atoms with Gasteiger partial charge >= 0.3 is 5.97 Å². The van der Waals surface area contributed by atoms with Crippen LogP contribution in [-0.2, 0) is 9.53 Å². The minimum atomic E-state index is -0.0783. The summed E-state index contributed by atoms with van der Waals surface area (Å²) in [5.41, 5.74) is 0.275. The fraction of sp³-hybridized carbons (Fsp3) is 0.955. The Balaban J connectivity index is 1.32. The summed E-state index contributed by atoms with van der Waals surface area (Å²) in [7, 11) is 0. The van der Waals surface area contributed by atoms with Gasteiger partial charge in [-0.1, -0.05) is 64.2 Å². The van der Waals surface area contributed by atoms with E-state index in [1.54, 1.807) is 0 Å². The Labute approximate surface area is 154 Å². The van der Waals surface area contributed by atoms with Gasteiger partial charge in [0.05, 0.1) is 12.0 Å². The zero-order chi connectivity index (χ0) is 18.0. The number of carbonyl (C=O) groups excluding carboxylic acids is 1. The average Bonchev–Trinajstić information content (AvgIpc) is 3.52. The van der Waals surface area contributed by atoms with Gasteiger partial charge in [-0.2, -0.15) is 0 Å². The lowest BCUT2D eigenvalue weighted by molar-refractivity contribution is -0.150. The highest BCUT2D eigenvalue weighted by molar-refractivity contribution is 5.79. The molecule has 2 aliphatic rings. The molecule has 3 heteroatoms. The second kappa shape index (κ2) is 10.5. The molecule has 2 aliphatic carbocycles. The molecule has 0 aromatic rings.